The number of aromatic nitrogens is 3. The van der Waals surface area contributed by atoms with Crippen LogP contribution in [0, 0.1) is 0 Å². The van der Waals surface area contributed by atoms with E-state index in [1.807, 2.05) is 18.2 Å². The van der Waals surface area contributed by atoms with E-state index in [9.17, 15) is 0 Å². The smallest absolute Gasteiger partial charge is 0.173 e. The van der Waals surface area contributed by atoms with E-state index in [-0.39, 0.29) is 0 Å². The fourth-order valence-corrected chi connectivity index (χ4v) is 2.75. The lowest BCUT2D eigenvalue weighted by molar-refractivity contribution is 1.15. The highest BCUT2D eigenvalue weighted by Crippen LogP contribution is 2.28. The summed E-state index contributed by atoms with van der Waals surface area (Å²) in [7, 11) is 0. The van der Waals surface area contributed by atoms with Gasteiger partial charge >= 0.3 is 0 Å². The van der Waals surface area contributed by atoms with Crippen LogP contribution < -0.4 is 5.32 Å². The molecule has 0 bridgehead atoms. The zero-order valence-electron chi connectivity index (χ0n) is 10.2. The van der Waals surface area contributed by atoms with Crippen LogP contribution in [0.2, 0.25) is 0 Å². The van der Waals surface area contributed by atoms with E-state index in [1.165, 1.54) is 0 Å². The Morgan fingerprint density at radius 3 is 2.95 bits per heavy atom. The second-order valence-electron chi connectivity index (χ2n) is 3.95. The Morgan fingerprint density at radius 2 is 2.21 bits per heavy atom. The number of halogens is 1. The van der Waals surface area contributed by atoms with Crippen LogP contribution >= 0.6 is 27.3 Å². The Kier molecular flexibility index (Phi) is 3.44. The minimum atomic E-state index is 0.716. The third-order valence-corrected chi connectivity index (χ3v) is 3.92. The number of nitrogens with zero attached hydrogens (tertiary/aromatic N) is 3. The van der Waals surface area contributed by atoms with Crippen molar-refractivity contribution in [3.05, 3.63) is 34.4 Å². The van der Waals surface area contributed by atoms with E-state index < -0.39 is 0 Å². The molecule has 0 radical (unpaired) electrons. The van der Waals surface area contributed by atoms with Gasteiger partial charge in [0.05, 0.1) is 15.9 Å². The Bertz CT molecular complexity index is 712. The molecule has 96 valence electrons. The lowest BCUT2D eigenvalue weighted by atomic mass is 10.2. The van der Waals surface area contributed by atoms with Gasteiger partial charge < -0.3 is 5.32 Å². The lowest BCUT2D eigenvalue weighted by Gasteiger charge is -2.09. The number of thiazole rings is 1. The summed E-state index contributed by atoms with van der Waals surface area (Å²) < 4.78 is 1.02. The molecule has 19 heavy (non-hydrogen) atoms. The van der Waals surface area contributed by atoms with E-state index in [0.29, 0.717) is 5.82 Å². The van der Waals surface area contributed by atoms with Crippen molar-refractivity contribution in [2.45, 2.75) is 6.92 Å². The molecule has 3 rings (SSSR count). The number of hydrogen-bond acceptors (Lipinski definition) is 5. The molecule has 0 atom stereocenters. The van der Waals surface area contributed by atoms with E-state index in [0.717, 1.165) is 32.6 Å². The van der Waals surface area contributed by atoms with E-state index in [4.69, 9.17) is 0 Å². The zero-order chi connectivity index (χ0) is 13.2. The van der Waals surface area contributed by atoms with E-state index in [1.54, 1.807) is 23.0 Å². The van der Waals surface area contributed by atoms with Crippen LogP contribution in [-0.4, -0.2) is 21.5 Å². The van der Waals surface area contributed by atoms with Crippen LogP contribution in [0.5, 0.6) is 0 Å². The Hall–Kier alpha value is -1.53. The van der Waals surface area contributed by atoms with Gasteiger partial charge in [-0.25, -0.2) is 9.97 Å². The first kappa shape index (κ1) is 12.5. The predicted molar refractivity (Wildman–Crippen MR) is 82.5 cm³/mol. The summed E-state index contributed by atoms with van der Waals surface area (Å²) in [5, 5.41) is 4.31. The van der Waals surface area contributed by atoms with Gasteiger partial charge in [0.1, 0.15) is 5.82 Å². The summed E-state index contributed by atoms with van der Waals surface area (Å²) in [6, 6.07) is 6.01. The fourth-order valence-electron chi connectivity index (χ4n) is 1.84. The molecule has 2 aromatic heterocycles. The van der Waals surface area contributed by atoms with Gasteiger partial charge in [-0.3, -0.25) is 4.98 Å². The highest BCUT2D eigenvalue weighted by atomic mass is 79.9. The summed E-state index contributed by atoms with van der Waals surface area (Å²) in [6.45, 7) is 2.87. The summed E-state index contributed by atoms with van der Waals surface area (Å²) in [5.41, 5.74) is 2.72. The molecule has 0 spiro atoms. The largest absolute Gasteiger partial charge is 0.370 e. The molecule has 2 heterocycles. The van der Waals surface area contributed by atoms with Crippen molar-refractivity contribution >= 4 is 44.0 Å². The van der Waals surface area contributed by atoms with E-state index >= 15 is 0 Å². The molecular formula is C13H11BrN4S. The van der Waals surface area contributed by atoms with Crippen LogP contribution in [-0.2, 0) is 0 Å². The molecule has 4 nitrogen and oxygen atoms in total. The first-order valence-electron chi connectivity index (χ1n) is 5.88. The van der Waals surface area contributed by atoms with Gasteiger partial charge in [-0.15, -0.1) is 11.3 Å². The minimum Gasteiger partial charge on any atom is -0.370 e. The van der Waals surface area contributed by atoms with Crippen molar-refractivity contribution in [2.24, 2.45) is 0 Å². The number of nitrogens with one attached hydrogen (secondary N) is 1. The molecule has 0 fully saturated rings. The maximum absolute atomic E-state index is 4.60. The molecule has 0 unspecified atom stereocenters. The second kappa shape index (κ2) is 5.22. The maximum Gasteiger partial charge on any atom is 0.173 e. The molecular weight excluding hydrogens is 324 g/mol. The molecule has 0 saturated heterocycles. The average molecular weight is 335 g/mol. The van der Waals surface area contributed by atoms with Gasteiger partial charge in [-0.1, -0.05) is 15.9 Å². The van der Waals surface area contributed by atoms with Crippen molar-refractivity contribution in [3.63, 3.8) is 0 Å². The van der Waals surface area contributed by atoms with Gasteiger partial charge in [0.15, 0.2) is 5.82 Å². The monoisotopic (exact) mass is 334 g/mol. The maximum atomic E-state index is 4.60. The second-order valence-corrected chi connectivity index (χ2v) is 5.76. The minimum absolute atomic E-state index is 0.716. The third kappa shape index (κ3) is 2.46. The average Bonchev–Trinajstić information content (AvgIpc) is 2.93. The molecule has 1 aromatic carbocycles. The Balaban J connectivity index is 2.24. The normalized spacial score (nSPS) is 10.8. The molecule has 6 heteroatoms. The summed E-state index contributed by atoms with van der Waals surface area (Å²) in [6.07, 6.45) is 1.79. The highest BCUT2D eigenvalue weighted by Gasteiger charge is 2.10. The molecule has 0 saturated carbocycles. The van der Waals surface area contributed by atoms with Crippen LogP contribution in [0.1, 0.15) is 6.92 Å². The molecule has 0 aliphatic rings. The van der Waals surface area contributed by atoms with Crippen molar-refractivity contribution in [3.8, 4) is 10.7 Å². The van der Waals surface area contributed by atoms with Gasteiger partial charge in [0, 0.05) is 22.6 Å². The van der Waals surface area contributed by atoms with Gasteiger partial charge in [-0.05, 0) is 25.1 Å². The first-order valence-corrected chi connectivity index (χ1v) is 7.55. The molecule has 0 aliphatic heterocycles. The van der Waals surface area contributed by atoms with E-state index in [2.05, 4.69) is 43.1 Å². The van der Waals surface area contributed by atoms with Crippen molar-refractivity contribution in [1.29, 1.82) is 0 Å². The van der Waals surface area contributed by atoms with Gasteiger partial charge in [-0.2, -0.15) is 0 Å². The van der Waals surface area contributed by atoms with Gasteiger partial charge in [0.2, 0.25) is 0 Å². The predicted octanol–water partition coefficient (Wildman–Crippen LogP) is 3.95. The fraction of sp³-hybridized carbons (Fsp3) is 0.154. The standard InChI is InChI=1S/C13H11BrN4S/c1-2-16-12-9-5-8(14)3-4-10(9)17-13(18-12)11-6-15-7-19-11/h3-7H,2H2,1H3,(H,16,17,18). The number of fused-ring (bicyclic) bond motifs is 1. The number of benzene rings is 1. The Morgan fingerprint density at radius 1 is 1.32 bits per heavy atom. The molecule has 1 N–H and O–H groups in total. The Labute approximate surface area is 123 Å². The van der Waals surface area contributed by atoms with Crippen molar-refractivity contribution in [2.75, 3.05) is 11.9 Å². The summed E-state index contributed by atoms with van der Waals surface area (Å²) in [5.74, 6) is 1.57. The van der Waals surface area contributed by atoms with Crippen LogP contribution in [0.4, 0.5) is 5.82 Å². The summed E-state index contributed by atoms with van der Waals surface area (Å²) >= 11 is 5.03. The van der Waals surface area contributed by atoms with Crippen LogP contribution in [0.3, 0.4) is 0 Å². The SMILES string of the molecule is CCNc1nc(-c2cncs2)nc2ccc(Br)cc12. The molecule has 0 amide bonds. The number of anilines is 1. The van der Waals surface area contributed by atoms with Crippen molar-refractivity contribution < 1.29 is 0 Å². The zero-order valence-corrected chi connectivity index (χ0v) is 12.6. The molecule has 0 aliphatic carbocycles. The first-order chi connectivity index (χ1) is 9.28. The van der Waals surface area contributed by atoms with Gasteiger partial charge in [0.25, 0.3) is 0 Å². The highest BCUT2D eigenvalue weighted by molar-refractivity contribution is 9.10. The van der Waals surface area contributed by atoms with Crippen LogP contribution in [0.15, 0.2) is 34.4 Å². The number of rotatable bonds is 3. The third-order valence-electron chi connectivity index (χ3n) is 2.65. The topological polar surface area (TPSA) is 50.7 Å². The summed E-state index contributed by atoms with van der Waals surface area (Å²) in [4.78, 5) is 14.3. The number of hydrogen-bond donors (Lipinski definition) is 1. The quantitative estimate of drug-likeness (QED) is 0.787. The van der Waals surface area contributed by atoms with Crippen LogP contribution in [0.25, 0.3) is 21.6 Å². The molecule has 3 aromatic rings. The lowest BCUT2D eigenvalue weighted by Crippen LogP contribution is -2.02. The van der Waals surface area contributed by atoms with Crippen molar-refractivity contribution in [1.82, 2.24) is 15.0 Å².